The Balaban J connectivity index is 0.000000366. The highest BCUT2D eigenvalue weighted by atomic mass is 19.4. The average molecular weight is 254 g/mol. The van der Waals surface area contributed by atoms with Crippen LogP contribution in [0.5, 0.6) is 0 Å². The molecule has 0 saturated carbocycles. The fourth-order valence-electron chi connectivity index (χ4n) is 1.79. The van der Waals surface area contributed by atoms with Crippen LogP contribution in [0.3, 0.4) is 0 Å². The highest BCUT2D eigenvalue weighted by Crippen LogP contribution is 2.08. The molecule has 0 aliphatic carbocycles. The molecule has 1 aliphatic rings. The zero-order chi connectivity index (χ0) is 13.6. The van der Waals surface area contributed by atoms with Gasteiger partial charge in [-0.1, -0.05) is 0 Å². The van der Waals surface area contributed by atoms with E-state index in [4.69, 9.17) is 4.79 Å². The number of halogens is 3. The van der Waals surface area contributed by atoms with Gasteiger partial charge in [-0.25, -0.2) is 0 Å². The van der Waals surface area contributed by atoms with Crippen LogP contribution in [0.15, 0.2) is 0 Å². The van der Waals surface area contributed by atoms with Gasteiger partial charge in [-0.15, -0.1) is 0 Å². The van der Waals surface area contributed by atoms with Crippen LogP contribution >= 0.6 is 0 Å². The number of nitrogens with zero attached hydrogens (tertiary/aromatic N) is 1. The summed E-state index contributed by atoms with van der Waals surface area (Å²) in [5.74, 6) is 0. The third-order valence-corrected chi connectivity index (χ3v) is 2.45. The molecule has 1 N–H and O–H groups in total. The minimum atomic E-state index is -4.64. The molecule has 1 fully saturated rings. The van der Waals surface area contributed by atoms with Crippen LogP contribution in [0.1, 0.15) is 27.7 Å². The Bertz CT molecular complexity index is 221. The highest BCUT2D eigenvalue weighted by Gasteiger charge is 2.25. The molecule has 6 heteroatoms. The lowest BCUT2D eigenvalue weighted by Crippen LogP contribution is -2.55. The van der Waals surface area contributed by atoms with Crippen molar-refractivity contribution in [3.05, 3.63) is 0 Å². The maximum absolute atomic E-state index is 10.4. The Kier molecular flexibility index (Phi) is 6.70. The van der Waals surface area contributed by atoms with E-state index in [9.17, 15) is 13.2 Å². The van der Waals surface area contributed by atoms with Crippen LogP contribution in [0.25, 0.3) is 0 Å². The Morgan fingerprint density at radius 2 is 1.59 bits per heavy atom. The third-order valence-electron chi connectivity index (χ3n) is 2.45. The normalized spacial score (nSPS) is 26.4. The van der Waals surface area contributed by atoms with Gasteiger partial charge in [0.15, 0.2) is 0 Å². The van der Waals surface area contributed by atoms with Crippen molar-refractivity contribution in [2.75, 3.05) is 13.1 Å². The standard InChI is InChI=1S/C9H20N2.C2HF3O/c1-7(2)11-5-8(3)10-9(4)6-11;3-2(4,5)1-6/h7-10H,5-6H2,1-4H3;1H/t8-,9+;. The second-order valence-corrected chi connectivity index (χ2v) is 4.68. The summed E-state index contributed by atoms with van der Waals surface area (Å²) in [7, 11) is 0. The lowest BCUT2D eigenvalue weighted by molar-refractivity contribution is -0.156. The molecule has 0 spiro atoms. The van der Waals surface area contributed by atoms with Gasteiger partial charge < -0.3 is 5.32 Å². The van der Waals surface area contributed by atoms with Crippen molar-refractivity contribution >= 4 is 6.29 Å². The third kappa shape index (κ3) is 8.15. The number of carbonyl (C=O) groups is 1. The molecule has 0 bridgehead atoms. The van der Waals surface area contributed by atoms with Gasteiger partial charge in [0.2, 0.25) is 6.29 Å². The minimum Gasteiger partial charge on any atom is -0.309 e. The van der Waals surface area contributed by atoms with Gasteiger partial charge in [0.1, 0.15) is 0 Å². The lowest BCUT2D eigenvalue weighted by Gasteiger charge is -2.38. The predicted octanol–water partition coefficient (Wildman–Crippen LogP) is 1.82. The molecule has 0 amide bonds. The molecule has 1 rings (SSSR count). The molecule has 102 valence electrons. The van der Waals surface area contributed by atoms with E-state index in [2.05, 4.69) is 37.9 Å². The smallest absolute Gasteiger partial charge is 0.309 e. The summed E-state index contributed by atoms with van der Waals surface area (Å²) in [5.41, 5.74) is 0. The lowest BCUT2D eigenvalue weighted by atomic mass is 10.1. The largest absolute Gasteiger partial charge is 0.446 e. The van der Waals surface area contributed by atoms with Crippen LogP contribution < -0.4 is 5.32 Å². The summed E-state index contributed by atoms with van der Waals surface area (Å²) >= 11 is 0. The number of piperazine rings is 1. The Hall–Kier alpha value is -0.620. The van der Waals surface area contributed by atoms with E-state index in [1.807, 2.05) is 0 Å². The number of hydrogen-bond donors (Lipinski definition) is 1. The number of rotatable bonds is 1. The number of nitrogens with one attached hydrogen (secondary N) is 1. The highest BCUT2D eigenvalue weighted by molar-refractivity contribution is 5.56. The van der Waals surface area contributed by atoms with E-state index >= 15 is 0 Å². The van der Waals surface area contributed by atoms with Gasteiger partial charge in [0.25, 0.3) is 0 Å². The predicted molar refractivity (Wildman–Crippen MR) is 60.9 cm³/mol. The van der Waals surface area contributed by atoms with Crippen LogP contribution in [0.4, 0.5) is 13.2 Å². The second-order valence-electron chi connectivity index (χ2n) is 4.68. The van der Waals surface area contributed by atoms with Crippen molar-refractivity contribution in [1.82, 2.24) is 10.2 Å². The Morgan fingerprint density at radius 3 is 1.82 bits per heavy atom. The summed E-state index contributed by atoms with van der Waals surface area (Å²) in [4.78, 5) is 11.2. The molecule has 0 radical (unpaired) electrons. The fraction of sp³-hybridized carbons (Fsp3) is 0.909. The molecule has 3 nitrogen and oxygen atoms in total. The van der Waals surface area contributed by atoms with Gasteiger partial charge in [-0.2, -0.15) is 13.2 Å². The van der Waals surface area contributed by atoms with Crippen LogP contribution in [0, 0.1) is 0 Å². The monoisotopic (exact) mass is 254 g/mol. The number of hydrogen-bond acceptors (Lipinski definition) is 3. The number of aldehydes is 1. The average Bonchev–Trinajstić information content (AvgIpc) is 2.16. The molecule has 0 aromatic heterocycles. The van der Waals surface area contributed by atoms with Gasteiger partial charge in [-0.3, -0.25) is 9.69 Å². The molecule has 0 aromatic rings. The van der Waals surface area contributed by atoms with Crippen molar-refractivity contribution in [2.45, 2.75) is 52.0 Å². The molecule has 1 heterocycles. The van der Waals surface area contributed by atoms with E-state index in [1.54, 1.807) is 0 Å². The summed E-state index contributed by atoms with van der Waals surface area (Å²) in [6, 6.07) is 2.00. The first-order chi connectivity index (χ1) is 7.65. The summed E-state index contributed by atoms with van der Waals surface area (Å²) < 4.78 is 31.2. The van der Waals surface area contributed by atoms with Gasteiger partial charge in [0, 0.05) is 31.2 Å². The zero-order valence-corrected chi connectivity index (χ0v) is 10.7. The van der Waals surface area contributed by atoms with E-state index < -0.39 is 12.5 Å². The zero-order valence-electron chi connectivity index (χ0n) is 10.7. The van der Waals surface area contributed by atoms with Gasteiger partial charge in [-0.05, 0) is 27.7 Å². The first kappa shape index (κ1) is 16.4. The molecule has 0 unspecified atom stereocenters. The van der Waals surface area contributed by atoms with Crippen molar-refractivity contribution in [3.63, 3.8) is 0 Å². The first-order valence-electron chi connectivity index (χ1n) is 5.69. The SMILES string of the molecule is CC(C)N1C[C@@H](C)N[C@@H](C)C1.O=CC(F)(F)F. The minimum absolute atomic E-state index is 0.654. The molecule has 2 atom stereocenters. The molecule has 1 aliphatic heterocycles. The van der Waals surface area contributed by atoms with E-state index in [0.29, 0.717) is 18.1 Å². The fourth-order valence-corrected chi connectivity index (χ4v) is 1.79. The van der Waals surface area contributed by atoms with E-state index in [1.165, 1.54) is 13.1 Å². The molecule has 0 aromatic carbocycles. The second kappa shape index (κ2) is 6.96. The van der Waals surface area contributed by atoms with Crippen LogP contribution in [-0.4, -0.2) is 48.6 Å². The molecule has 17 heavy (non-hydrogen) atoms. The number of alkyl halides is 3. The van der Waals surface area contributed by atoms with Crippen LogP contribution in [0.2, 0.25) is 0 Å². The van der Waals surface area contributed by atoms with E-state index in [0.717, 1.165) is 0 Å². The van der Waals surface area contributed by atoms with E-state index in [-0.39, 0.29) is 0 Å². The van der Waals surface area contributed by atoms with Crippen molar-refractivity contribution in [3.8, 4) is 0 Å². The maximum Gasteiger partial charge on any atom is 0.446 e. The Morgan fingerprint density at radius 1 is 1.24 bits per heavy atom. The van der Waals surface area contributed by atoms with Gasteiger partial charge in [0.05, 0.1) is 0 Å². The number of carbonyl (C=O) groups excluding carboxylic acids is 1. The summed E-state index contributed by atoms with van der Waals surface area (Å²) in [6.07, 6.45) is -5.70. The molecular weight excluding hydrogens is 233 g/mol. The topological polar surface area (TPSA) is 32.3 Å². The maximum atomic E-state index is 10.4. The first-order valence-corrected chi connectivity index (χ1v) is 5.69. The quantitative estimate of drug-likeness (QED) is 0.724. The molecular formula is C11H21F3N2O. The van der Waals surface area contributed by atoms with Crippen LogP contribution in [-0.2, 0) is 4.79 Å². The summed E-state index contributed by atoms with van der Waals surface area (Å²) in [5, 5.41) is 3.52. The Labute approximate surface area is 100 Å². The van der Waals surface area contributed by atoms with Crippen molar-refractivity contribution < 1.29 is 18.0 Å². The van der Waals surface area contributed by atoms with Crippen molar-refractivity contribution in [2.24, 2.45) is 0 Å². The van der Waals surface area contributed by atoms with Crippen molar-refractivity contribution in [1.29, 1.82) is 0 Å². The van der Waals surface area contributed by atoms with Gasteiger partial charge >= 0.3 is 6.18 Å². The molecule has 1 saturated heterocycles. The summed E-state index contributed by atoms with van der Waals surface area (Å²) in [6.45, 7) is 11.4.